The van der Waals surface area contributed by atoms with Crippen molar-refractivity contribution in [2.75, 3.05) is 0 Å². The molecule has 0 unspecified atom stereocenters. The highest BCUT2D eigenvalue weighted by Crippen LogP contribution is 2.15. The van der Waals surface area contributed by atoms with Crippen molar-refractivity contribution in [2.45, 2.75) is 6.54 Å². The molecule has 2 aromatic carbocycles. The van der Waals surface area contributed by atoms with Gasteiger partial charge in [0.25, 0.3) is 0 Å². The van der Waals surface area contributed by atoms with Gasteiger partial charge in [0.2, 0.25) is 0 Å². The minimum Gasteiger partial charge on any atom is -0.333 e. The maximum absolute atomic E-state index is 10.9. The quantitative estimate of drug-likeness (QED) is 0.404. The molecular formula is C12H13N3O. The van der Waals surface area contributed by atoms with Crippen LogP contribution in [0.25, 0.3) is 10.8 Å². The molecule has 16 heavy (non-hydrogen) atoms. The summed E-state index contributed by atoms with van der Waals surface area (Å²) in [6, 6.07) is 13.8. The Labute approximate surface area is 93.4 Å². The molecule has 0 saturated heterocycles. The van der Waals surface area contributed by atoms with Crippen LogP contribution in [0.2, 0.25) is 0 Å². The number of benzene rings is 2. The normalized spacial score (nSPS) is 10.1. The molecule has 4 N–H and O–H groups in total. The highest BCUT2D eigenvalue weighted by atomic mass is 16.2. The van der Waals surface area contributed by atoms with E-state index in [0.717, 1.165) is 10.9 Å². The van der Waals surface area contributed by atoms with Crippen molar-refractivity contribution in [3.63, 3.8) is 0 Å². The number of carbonyl (C=O) groups excluding carboxylic acids is 1. The molecule has 4 heteroatoms. The Bertz CT molecular complexity index is 510. The average molecular weight is 215 g/mol. The van der Waals surface area contributed by atoms with Crippen molar-refractivity contribution in [1.29, 1.82) is 0 Å². The molecule has 2 rings (SSSR count). The van der Waals surface area contributed by atoms with Crippen molar-refractivity contribution in [3.8, 4) is 0 Å². The summed E-state index contributed by atoms with van der Waals surface area (Å²) in [6.45, 7) is 0.466. The van der Waals surface area contributed by atoms with Gasteiger partial charge < -0.3 is 5.32 Å². The zero-order valence-electron chi connectivity index (χ0n) is 8.73. The maximum atomic E-state index is 10.9. The molecule has 0 heterocycles. The second-order valence-electron chi connectivity index (χ2n) is 3.51. The summed E-state index contributed by atoms with van der Waals surface area (Å²) in [7, 11) is 0. The number of hydrogen-bond acceptors (Lipinski definition) is 2. The van der Waals surface area contributed by atoms with Crippen LogP contribution in [0, 0.1) is 0 Å². The number of rotatable bonds is 2. The Balaban J connectivity index is 2.16. The van der Waals surface area contributed by atoms with Crippen LogP contribution >= 0.6 is 0 Å². The summed E-state index contributed by atoms with van der Waals surface area (Å²) >= 11 is 0. The monoisotopic (exact) mass is 215 g/mol. The van der Waals surface area contributed by atoms with Crippen molar-refractivity contribution < 1.29 is 4.79 Å². The third kappa shape index (κ3) is 2.29. The Kier molecular flexibility index (Phi) is 3.03. The summed E-state index contributed by atoms with van der Waals surface area (Å²) in [5, 5.41) is 4.99. The Morgan fingerprint density at radius 3 is 2.62 bits per heavy atom. The lowest BCUT2D eigenvalue weighted by atomic mass is 10.1. The fraction of sp³-hybridized carbons (Fsp3) is 0.0833. The van der Waals surface area contributed by atoms with Gasteiger partial charge in [-0.25, -0.2) is 10.6 Å². The summed E-state index contributed by atoms with van der Waals surface area (Å²) < 4.78 is 0. The topological polar surface area (TPSA) is 67.1 Å². The molecule has 0 saturated carbocycles. The summed E-state index contributed by atoms with van der Waals surface area (Å²) in [4.78, 5) is 10.9. The van der Waals surface area contributed by atoms with Gasteiger partial charge in [-0.2, -0.15) is 0 Å². The lowest BCUT2D eigenvalue weighted by Crippen LogP contribution is -2.39. The van der Waals surface area contributed by atoms with Gasteiger partial charge in [0.1, 0.15) is 0 Å². The van der Waals surface area contributed by atoms with Crippen LogP contribution in [0.15, 0.2) is 42.5 Å². The number of carbonyl (C=O) groups is 1. The first-order valence-corrected chi connectivity index (χ1v) is 5.02. The fourth-order valence-electron chi connectivity index (χ4n) is 1.58. The first-order chi connectivity index (χ1) is 7.79. The number of hydrazine groups is 1. The molecular weight excluding hydrogens is 202 g/mol. The standard InChI is InChI=1S/C12H13N3O/c13-15-12(16)14-8-9-5-6-10-3-1-2-4-11(10)7-9/h1-7H,8,13H2,(H2,14,15,16). The van der Waals surface area contributed by atoms with Gasteiger partial charge in [0.05, 0.1) is 0 Å². The molecule has 2 amide bonds. The van der Waals surface area contributed by atoms with Crippen molar-refractivity contribution in [3.05, 3.63) is 48.0 Å². The number of nitrogens with two attached hydrogens (primary N) is 1. The second kappa shape index (κ2) is 4.63. The predicted octanol–water partition coefficient (Wildman–Crippen LogP) is 1.51. The van der Waals surface area contributed by atoms with E-state index in [1.165, 1.54) is 5.39 Å². The lowest BCUT2D eigenvalue weighted by molar-refractivity contribution is 0.241. The maximum Gasteiger partial charge on any atom is 0.329 e. The zero-order chi connectivity index (χ0) is 11.4. The Morgan fingerprint density at radius 2 is 1.88 bits per heavy atom. The van der Waals surface area contributed by atoms with Crippen LogP contribution in [0.5, 0.6) is 0 Å². The lowest BCUT2D eigenvalue weighted by Gasteiger charge is -2.05. The number of hydrogen-bond donors (Lipinski definition) is 3. The Morgan fingerprint density at radius 1 is 1.12 bits per heavy atom. The van der Waals surface area contributed by atoms with Gasteiger partial charge in [0.15, 0.2) is 0 Å². The third-order valence-electron chi connectivity index (χ3n) is 2.40. The molecule has 0 spiro atoms. The van der Waals surface area contributed by atoms with Gasteiger partial charge in [-0.05, 0) is 22.4 Å². The smallest absolute Gasteiger partial charge is 0.329 e. The Hall–Kier alpha value is -2.07. The highest BCUT2D eigenvalue weighted by molar-refractivity contribution is 5.83. The number of amides is 2. The van der Waals surface area contributed by atoms with Gasteiger partial charge in [-0.3, -0.25) is 5.43 Å². The number of fused-ring (bicyclic) bond motifs is 1. The molecule has 0 aliphatic carbocycles. The van der Waals surface area contributed by atoms with E-state index in [-0.39, 0.29) is 6.03 Å². The van der Waals surface area contributed by atoms with Crippen LogP contribution in [0.4, 0.5) is 4.79 Å². The molecule has 0 radical (unpaired) electrons. The molecule has 0 atom stereocenters. The van der Waals surface area contributed by atoms with Crippen LogP contribution < -0.4 is 16.6 Å². The molecule has 0 fully saturated rings. The average Bonchev–Trinajstić information content (AvgIpc) is 2.35. The predicted molar refractivity (Wildman–Crippen MR) is 63.5 cm³/mol. The summed E-state index contributed by atoms with van der Waals surface area (Å²) in [5.74, 6) is 4.96. The second-order valence-corrected chi connectivity index (χ2v) is 3.51. The number of urea groups is 1. The number of nitrogens with one attached hydrogen (secondary N) is 2. The minimum absolute atomic E-state index is 0.381. The van der Waals surface area contributed by atoms with E-state index in [1.807, 2.05) is 41.8 Å². The van der Waals surface area contributed by atoms with E-state index in [1.54, 1.807) is 0 Å². The van der Waals surface area contributed by atoms with E-state index in [9.17, 15) is 4.79 Å². The zero-order valence-corrected chi connectivity index (χ0v) is 8.73. The molecule has 0 aliphatic rings. The van der Waals surface area contributed by atoms with Crippen LogP contribution in [-0.4, -0.2) is 6.03 Å². The van der Waals surface area contributed by atoms with Gasteiger partial charge in [-0.1, -0.05) is 36.4 Å². The largest absolute Gasteiger partial charge is 0.333 e. The molecule has 4 nitrogen and oxygen atoms in total. The molecule has 2 aromatic rings. The summed E-state index contributed by atoms with van der Waals surface area (Å²) in [5.41, 5.74) is 3.07. The molecule has 0 bridgehead atoms. The third-order valence-corrected chi connectivity index (χ3v) is 2.40. The molecule has 0 aliphatic heterocycles. The van der Waals surface area contributed by atoms with E-state index in [2.05, 4.69) is 11.4 Å². The summed E-state index contributed by atoms with van der Waals surface area (Å²) in [6.07, 6.45) is 0. The van der Waals surface area contributed by atoms with Crippen LogP contribution in [0.1, 0.15) is 5.56 Å². The van der Waals surface area contributed by atoms with E-state index < -0.39 is 0 Å². The van der Waals surface area contributed by atoms with Gasteiger partial charge >= 0.3 is 6.03 Å². The van der Waals surface area contributed by atoms with Gasteiger partial charge in [0, 0.05) is 6.54 Å². The first kappa shape index (κ1) is 10.4. The van der Waals surface area contributed by atoms with E-state index in [4.69, 9.17) is 5.84 Å². The highest BCUT2D eigenvalue weighted by Gasteiger charge is 1.98. The first-order valence-electron chi connectivity index (χ1n) is 5.02. The van der Waals surface area contributed by atoms with E-state index >= 15 is 0 Å². The van der Waals surface area contributed by atoms with Crippen molar-refractivity contribution in [2.24, 2.45) is 5.84 Å². The van der Waals surface area contributed by atoms with Crippen LogP contribution in [0.3, 0.4) is 0 Å². The van der Waals surface area contributed by atoms with Crippen LogP contribution in [-0.2, 0) is 6.54 Å². The SMILES string of the molecule is NNC(=O)NCc1ccc2ccccc2c1. The fourth-order valence-corrected chi connectivity index (χ4v) is 1.58. The van der Waals surface area contributed by atoms with E-state index in [0.29, 0.717) is 6.54 Å². The minimum atomic E-state index is -0.381. The molecule has 0 aromatic heterocycles. The van der Waals surface area contributed by atoms with Crippen molar-refractivity contribution >= 4 is 16.8 Å². The van der Waals surface area contributed by atoms with Gasteiger partial charge in [-0.15, -0.1) is 0 Å². The molecule has 82 valence electrons. The van der Waals surface area contributed by atoms with Crippen molar-refractivity contribution in [1.82, 2.24) is 10.7 Å².